The average Bonchev–Trinajstić information content (AvgIpc) is 3.22. The Kier molecular flexibility index (Phi) is 7.57. The first-order valence-corrected chi connectivity index (χ1v) is 10.8. The third-order valence-electron chi connectivity index (χ3n) is 5.40. The van der Waals surface area contributed by atoms with Crippen LogP contribution in [0.25, 0.3) is 0 Å². The molecule has 6 heteroatoms. The molecule has 0 heterocycles. The molecule has 0 spiro atoms. The molecule has 1 unspecified atom stereocenters. The van der Waals surface area contributed by atoms with Gasteiger partial charge in [-0.1, -0.05) is 72.4 Å². The molecule has 1 N–H and O–H groups in total. The lowest BCUT2D eigenvalue weighted by molar-refractivity contribution is -0.140. The van der Waals surface area contributed by atoms with Crippen molar-refractivity contribution in [2.24, 2.45) is 0 Å². The Bertz CT molecular complexity index is 851. The van der Waals surface area contributed by atoms with Gasteiger partial charge in [0.05, 0.1) is 16.5 Å². The lowest BCUT2D eigenvalue weighted by Crippen LogP contribution is -2.50. The maximum Gasteiger partial charge on any atom is 0.242 e. The van der Waals surface area contributed by atoms with Crippen molar-refractivity contribution in [3.05, 3.63) is 69.7 Å². The molecule has 0 saturated heterocycles. The van der Waals surface area contributed by atoms with Gasteiger partial charge in [0.1, 0.15) is 6.04 Å². The summed E-state index contributed by atoms with van der Waals surface area (Å²) in [6, 6.07) is 14.5. The largest absolute Gasteiger partial charge is 0.352 e. The molecule has 0 bridgehead atoms. The zero-order valence-corrected chi connectivity index (χ0v) is 18.0. The highest BCUT2D eigenvalue weighted by molar-refractivity contribution is 6.42. The first-order valence-electron chi connectivity index (χ1n) is 10.0. The topological polar surface area (TPSA) is 49.4 Å². The van der Waals surface area contributed by atoms with Crippen molar-refractivity contribution in [3.63, 3.8) is 0 Å². The molecule has 29 heavy (non-hydrogen) atoms. The van der Waals surface area contributed by atoms with Crippen LogP contribution < -0.4 is 5.32 Å². The van der Waals surface area contributed by atoms with Gasteiger partial charge >= 0.3 is 0 Å². The van der Waals surface area contributed by atoms with E-state index in [0.29, 0.717) is 16.6 Å². The van der Waals surface area contributed by atoms with Crippen molar-refractivity contribution in [2.45, 2.75) is 57.7 Å². The fourth-order valence-electron chi connectivity index (χ4n) is 3.68. The van der Waals surface area contributed by atoms with Crippen molar-refractivity contribution in [1.82, 2.24) is 10.2 Å². The summed E-state index contributed by atoms with van der Waals surface area (Å²) in [5, 5.41) is 3.98. The van der Waals surface area contributed by atoms with E-state index in [1.807, 2.05) is 30.3 Å². The van der Waals surface area contributed by atoms with E-state index in [9.17, 15) is 9.59 Å². The molecule has 0 aliphatic heterocycles. The number of halogens is 2. The van der Waals surface area contributed by atoms with E-state index >= 15 is 0 Å². The van der Waals surface area contributed by atoms with Crippen LogP contribution in [0.2, 0.25) is 10.0 Å². The molecule has 1 atom stereocenters. The molecule has 4 nitrogen and oxygen atoms in total. The monoisotopic (exact) mass is 432 g/mol. The summed E-state index contributed by atoms with van der Waals surface area (Å²) in [5.41, 5.74) is 1.75. The van der Waals surface area contributed by atoms with Crippen LogP contribution in [0.3, 0.4) is 0 Å². The van der Waals surface area contributed by atoms with Crippen LogP contribution in [-0.4, -0.2) is 28.8 Å². The molecule has 3 rings (SSSR count). The smallest absolute Gasteiger partial charge is 0.242 e. The molecule has 1 saturated carbocycles. The van der Waals surface area contributed by atoms with Gasteiger partial charge in [0.15, 0.2) is 0 Å². The summed E-state index contributed by atoms with van der Waals surface area (Å²) in [5.74, 6) is -0.225. The minimum atomic E-state index is -0.564. The maximum absolute atomic E-state index is 13.2. The van der Waals surface area contributed by atoms with Gasteiger partial charge in [-0.15, -0.1) is 0 Å². The number of rotatable bonds is 7. The molecular weight excluding hydrogens is 407 g/mol. The Morgan fingerprint density at radius 2 is 1.72 bits per heavy atom. The first-order chi connectivity index (χ1) is 13.9. The summed E-state index contributed by atoms with van der Waals surface area (Å²) in [6.07, 6.45) is 4.46. The van der Waals surface area contributed by atoms with Gasteiger partial charge in [0, 0.05) is 12.6 Å². The van der Waals surface area contributed by atoms with Crippen molar-refractivity contribution in [3.8, 4) is 0 Å². The SMILES string of the molecule is CC(C(=O)NC1CCCC1)N(Cc1ccccc1)C(=O)Cc1ccc(Cl)c(Cl)c1. The Labute approximate surface area is 182 Å². The van der Waals surface area contributed by atoms with Crippen LogP contribution in [0.15, 0.2) is 48.5 Å². The minimum Gasteiger partial charge on any atom is -0.352 e. The lowest BCUT2D eigenvalue weighted by atomic mass is 10.1. The average molecular weight is 433 g/mol. The highest BCUT2D eigenvalue weighted by Crippen LogP contribution is 2.24. The zero-order chi connectivity index (χ0) is 20.8. The van der Waals surface area contributed by atoms with E-state index in [1.165, 1.54) is 0 Å². The Morgan fingerprint density at radius 3 is 2.38 bits per heavy atom. The van der Waals surface area contributed by atoms with Gasteiger partial charge in [-0.2, -0.15) is 0 Å². The molecular formula is C23H26Cl2N2O2. The zero-order valence-electron chi connectivity index (χ0n) is 16.5. The van der Waals surface area contributed by atoms with E-state index in [-0.39, 0.29) is 24.3 Å². The third kappa shape index (κ3) is 5.97. The van der Waals surface area contributed by atoms with Gasteiger partial charge in [-0.25, -0.2) is 0 Å². The minimum absolute atomic E-state index is 0.102. The quantitative estimate of drug-likeness (QED) is 0.667. The summed E-state index contributed by atoms with van der Waals surface area (Å²) < 4.78 is 0. The second-order valence-corrected chi connectivity index (χ2v) is 8.41. The molecule has 0 aromatic heterocycles. The molecule has 1 aliphatic rings. The van der Waals surface area contributed by atoms with Gasteiger partial charge in [0.2, 0.25) is 11.8 Å². The fourth-order valence-corrected chi connectivity index (χ4v) is 4.00. The second-order valence-electron chi connectivity index (χ2n) is 7.60. The van der Waals surface area contributed by atoms with Crippen LogP contribution in [0.1, 0.15) is 43.7 Å². The van der Waals surface area contributed by atoms with Crippen LogP contribution in [0.4, 0.5) is 0 Å². The number of amides is 2. The number of nitrogens with zero attached hydrogens (tertiary/aromatic N) is 1. The van der Waals surface area contributed by atoms with Gasteiger partial charge in [-0.05, 0) is 43.0 Å². The number of carbonyl (C=O) groups excluding carboxylic acids is 2. The highest BCUT2D eigenvalue weighted by Gasteiger charge is 2.28. The van der Waals surface area contributed by atoms with Crippen LogP contribution in [0.5, 0.6) is 0 Å². The normalized spacial score (nSPS) is 15.1. The van der Waals surface area contributed by atoms with Gasteiger partial charge in [-0.3, -0.25) is 9.59 Å². The number of benzene rings is 2. The molecule has 0 radical (unpaired) electrons. The standard InChI is InChI=1S/C23H26Cl2N2O2/c1-16(23(29)26-19-9-5-6-10-19)27(15-17-7-3-2-4-8-17)22(28)14-18-11-12-20(24)21(25)13-18/h2-4,7-8,11-13,16,19H,5-6,9-10,14-15H2,1H3,(H,26,29). The predicted molar refractivity (Wildman–Crippen MR) is 117 cm³/mol. The number of hydrogen-bond acceptors (Lipinski definition) is 2. The van der Waals surface area contributed by atoms with E-state index in [0.717, 1.165) is 36.8 Å². The van der Waals surface area contributed by atoms with Gasteiger partial charge in [0.25, 0.3) is 0 Å². The predicted octanol–water partition coefficient (Wildman–Crippen LogP) is 5.01. The molecule has 1 fully saturated rings. The van der Waals surface area contributed by atoms with E-state index in [1.54, 1.807) is 30.0 Å². The van der Waals surface area contributed by atoms with Crippen molar-refractivity contribution in [1.29, 1.82) is 0 Å². The maximum atomic E-state index is 13.2. The second kappa shape index (κ2) is 10.1. The number of hydrogen-bond donors (Lipinski definition) is 1. The summed E-state index contributed by atoms with van der Waals surface area (Å²) in [7, 11) is 0. The Balaban J connectivity index is 1.76. The molecule has 1 aliphatic carbocycles. The highest BCUT2D eigenvalue weighted by atomic mass is 35.5. The summed E-state index contributed by atoms with van der Waals surface area (Å²) in [4.78, 5) is 27.6. The van der Waals surface area contributed by atoms with Crippen molar-refractivity contribution < 1.29 is 9.59 Å². The third-order valence-corrected chi connectivity index (χ3v) is 6.14. The van der Waals surface area contributed by atoms with Gasteiger partial charge < -0.3 is 10.2 Å². The van der Waals surface area contributed by atoms with Crippen molar-refractivity contribution in [2.75, 3.05) is 0 Å². The van der Waals surface area contributed by atoms with Crippen LogP contribution in [0, 0.1) is 0 Å². The van der Waals surface area contributed by atoms with E-state index < -0.39 is 6.04 Å². The van der Waals surface area contributed by atoms with Crippen LogP contribution in [-0.2, 0) is 22.6 Å². The lowest BCUT2D eigenvalue weighted by Gasteiger charge is -2.30. The summed E-state index contributed by atoms with van der Waals surface area (Å²) in [6.45, 7) is 2.17. The number of nitrogens with one attached hydrogen (secondary N) is 1. The first kappa shape index (κ1) is 21.7. The van der Waals surface area contributed by atoms with E-state index in [4.69, 9.17) is 23.2 Å². The van der Waals surface area contributed by atoms with Crippen molar-refractivity contribution >= 4 is 35.0 Å². The molecule has 154 valence electrons. The Hall–Kier alpha value is -2.04. The summed E-state index contributed by atoms with van der Waals surface area (Å²) >= 11 is 12.1. The molecule has 2 aromatic carbocycles. The fraction of sp³-hybridized carbons (Fsp3) is 0.391. The Morgan fingerprint density at radius 1 is 1.03 bits per heavy atom. The van der Waals surface area contributed by atoms with Crippen LogP contribution >= 0.6 is 23.2 Å². The number of carbonyl (C=O) groups is 2. The van der Waals surface area contributed by atoms with E-state index in [2.05, 4.69) is 5.32 Å². The molecule has 2 aromatic rings. The molecule has 2 amide bonds.